The first-order valence-electron chi connectivity index (χ1n) is 11.4. The minimum atomic E-state index is -0.580. The number of benzene rings is 2. The van der Waals surface area contributed by atoms with Gasteiger partial charge in [0.25, 0.3) is 0 Å². The fourth-order valence-electron chi connectivity index (χ4n) is 4.23. The summed E-state index contributed by atoms with van der Waals surface area (Å²) in [4.78, 5) is 2.31. The molecule has 0 aliphatic carbocycles. The molecule has 0 aliphatic rings. The van der Waals surface area contributed by atoms with Crippen LogP contribution in [0.4, 0.5) is 0 Å². The van der Waals surface area contributed by atoms with Gasteiger partial charge in [0.15, 0.2) is 23.0 Å². The molecule has 0 aromatic heterocycles. The van der Waals surface area contributed by atoms with E-state index in [1.165, 1.54) is 5.56 Å². The van der Waals surface area contributed by atoms with E-state index in [9.17, 15) is 5.26 Å². The molecule has 0 fully saturated rings. The second kappa shape index (κ2) is 15.6. The zero-order valence-corrected chi connectivity index (χ0v) is 23.6. The number of halogens is 2. The Balaban J connectivity index is 0.00000578. The van der Waals surface area contributed by atoms with Crippen LogP contribution in [-0.4, -0.2) is 53.5 Å². The quantitative estimate of drug-likeness (QED) is 0.322. The van der Waals surface area contributed by atoms with Crippen molar-refractivity contribution >= 4 is 24.8 Å². The first-order chi connectivity index (χ1) is 15.8. The molecule has 6 nitrogen and oxygen atoms in total. The molecule has 2 aromatic carbocycles. The molecule has 0 saturated carbocycles. The third-order valence-electron chi connectivity index (χ3n) is 6.42. The Morgan fingerprint density at radius 3 is 1.89 bits per heavy atom. The first kappa shape index (κ1) is 32.7. The second-order valence-corrected chi connectivity index (χ2v) is 8.65. The monoisotopic (exact) mass is 526 g/mol. The van der Waals surface area contributed by atoms with E-state index in [4.69, 9.17) is 18.9 Å². The summed E-state index contributed by atoms with van der Waals surface area (Å²) in [6.07, 6.45) is 2.61. The number of nitrogens with zero attached hydrogens (tertiary/aromatic N) is 2. The molecule has 0 bridgehead atoms. The highest BCUT2D eigenvalue weighted by atomic mass is 35.5. The lowest BCUT2D eigenvalue weighted by Gasteiger charge is -2.32. The van der Waals surface area contributed by atoms with Gasteiger partial charge in [0.2, 0.25) is 0 Å². The van der Waals surface area contributed by atoms with E-state index in [1.807, 2.05) is 30.3 Å². The molecule has 0 saturated heterocycles. The number of ether oxygens (including phenoxy) is 4. The van der Waals surface area contributed by atoms with E-state index in [-0.39, 0.29) is 30.7 Å². The van der Waals surface area contributed by atoms with Crippen molar-refractivity contribution in [2.45, 2.75) is 38.5 Å². The predicted octanol–water partition coefficient (Wildman–Crippen LogP) is 5.94. The minimum absolute atomic E-state index is 0. The van der Waals surface area contributed by atoms with Crippen LogP contribution in [0.2, 0.25) is 0 Å². The first-order valence-corrected chi connectivity index (χ1v) is 11.4. The maximum Gasteiger partial charge on any atom is 0.161 e. The average Bonchev–Trinajstić information content (AvgIpc) is 2.84. The summed E-state index contributed by atoms with van der Waals surface area (Å²) in [5.74, 6) is 2.99. The number of hydrogen-bond acceptors (Lipinski definition) is 6. The fraction of sp³-hybridized carbons (Fsp3) is 0.519. The average molecular weight is 528 g/mol. The van der Waals surface area contributed by atoms with E-state index >= 15 is 0 Å². The molecular weight excluding hydrogens is 487 g/mol. The van der Waals surface area contributed by atoms with Crippen molar-refractivity contribution in [1.82, 2.24) is 4.90 Å². The molecule has 35 heavy (non-hydrogen) atoms. The van der Waals surface area contributed by atoms with E-state index in [0.717, 1.165) is 49.4 Å². The largest absolute Gasteiger partial charge is 0.493 e. The molecule has 0 N–H and O–H groups in total. The Hall–Kier alpha value is -2.33. The van der Waals surface area contributed by atoms with Gasteiger partial charge in [-0.05, 0) is 74.2 Å². The van der Waals surface area contributed by atoms with Crippen molar-refractivity contribution in [3.63, 3.8) is 0 Å². The maximum atomic E-state index is 10.2. The van der Waals surface area contributed by atoms with Crippen LogP contribution in [0.3, 0.4) is 0 Å². The highest BCUT2D eigenvalue weighted by Crippen LogP contribution is 2.40. The van der Waals surface area contributed by atoms with Crippen LogP contribution in [0.25, 0.3) is 0 Å². The summed E-state index contributed by atoms with van der Waals surface area (Å²) in [5.41, 5.74) is 1.60. The van der Waals surface area contributed by atoms with Crippen molar-refractivity contribution in [2.75, 3.05) is 48.6 Å². The molecule has 0 heterocycles. The molecule has 1 atom stereocenters. The Bertz CT molecular complexity index is 949. The van der Waals surface area contributed by atoms with E-state index in [2.05, 4.69) is 37.9 Å². The lowest BCUT2D eigenvalue weighted by Crippen LogP contribution is -2.32. The molecule has 0 amide bonds. The zero-order valence-electron chi connectivity index (χ0n) is 21.9. The van der Waals surface area contributed by atoms with Crippen LogP contribution >= 0.6 is 24.8 Å². The second-order valence-electron chi connectivity index (χ2n) is 8.65. The molecule has 2 rings (SSSR count). The Labute approximate surface area is 223 Å². The van der Waals surface area contributed by atoms with Gasteiger partial charge in [0, 0.05) is 6.54 Å². The molecule has 0 radical (unpaired) electrons. The lowest BCUT2D eigenvalue weighted by molar-refractivity contribution is 0.292. The highest BCUT2D eigenvalue weighted by Gasteiger charge is 2.36. The predicted molar refractivity (Wildman–Crippen MR) is 146 cm³/mol. The molecule has 2 aromatic rings. The van der Waals surface area contributed by atoms with E-state index in [0.29, 0.717) is 11.5 Å². The van der Waals surface area contributed by atoms with Crippen LogP contribution in [0, 0.1) is 17.2 Å². The Morgan fingerprint density at radius 1 is 0.829 bits per heavy atom. The number of nitriles is 1. The SMILES string of the molecule is COc1ccc(CCN(C)CCC[C@](C#N)(c2ccc(OC)c(OC)c2)C(C)C)cc1OC.Cl.Cl. The van der Waals surface area contributed by atoms with Crippen molar-refractivity contribution in [3.8, 4) is 29.1 Å². The Morgan fingerprint density at radius 2 is 1.37 bits per heavy atom. The molecule has 196 valence electrons. The fourth-order valence-corrected chi connectivity index (χ4v) is 4.23. The number of likely N-dealkylation sites (N-methyl/N-ethyl adjacent to an activating group) is 1. The van der Waals surface area contributed by atoms with Gasteiger partial charge < -0.3 is 23.8 Å². The highest BCUT2D eigenvalue weighted by molar-refractivity contribution is 5.85. The summed E-state index contributed by atoms with van der Waals surface area (Å²) in [6.45, 7) is 6.06. The number of rotatable bonds is 13. The summed E-state index contributed by atoms with van der Waals surface area (Å²) < 4.78 is 21.6. The van der Waals surface area contributed by atoms with Crippen LogP contribution < -0.4 is 18.9 Å². The van der Waals surface area contributed by atoms with Gasteiger partial charge in [-0.3, -0.25) is 0 Å². The van der Waals surface area contributed by atoms with Gasteiger partial charge >= 0.3 is 0 Å². The van der Waals surface area contributed by atoms with Crippen LogP contribution in [-0.2, 0) is 11.8 Å². The van der Waals surface area contributed by atoms with Crippen molar-refractivity contribution in [1.29, 1.82) is 5.26 Å². The molecule has 0 unspecified atom stereocenters. The normalized spacial score (nSPS) is 12.1. The summed E-state index contributed by atoms with van der Waals surface area (Å²) in [5, 5.41) is 10.2. The third-order valence-corrected chi connectivity index (χ3v) is 6.42. The summed E-state index contributed by atoms with van der Waals surface area (Å²) in [6, 6.07) is 14.5. The van der Waals surface area contributed by atoms with Gasteiger partial charge in [0.1, 0.15) is 0 Å². The number of hydrogen-bond donors (Lipinski definition) is 0. The van der Waals surface area contributed by atoms with Gasteiger partial charge in [-0.2, -0.15) is 5.26 Å². The molecular formula is C27H40Cl2N2O4. The van der Waals surface area contributed by atoms with Crippen LogP contribution in [0.1, 0.15) is 37.8 Å². The molecule has 8 heteroatoms. The standard InChI is InChI=1S/C27H38N2O4.2ClH/c1-20(2)27(19-28,22-10-12-24(31-5)26(18-22)33-7)14-8-15-29(3)16-13-21-9-11-23(30-4)25(17-21)32-6;;/h9-12,17-18,20H,8,13-16H2,1-7H3;2*1H/t27-;;/m1../s1. The van der Waals surface area contributed by atoms with Crippen molar-refractivity contribution in [2.24, 2.45) is 5.92 Å². The zero-order chi connectivity index (χ0) is 24.4. The van der Waals surface area contributed by atoms with Crippen molar-refractivity contribution < 1.29 is 18.9 Å². The van der Waals surface area contributed by atoms with Gasteiger partial charge in [-0.15, -0.1) is 24.8 Å². The topological polar surface area (TPSA) is 64.0 Å². The van der Waals surface area contributed by atoms with Gasteiger partial charge in [-0.1, -0.05) is 26.0 Å². The van der Waals surface area contributed by atoms with Crippen LogP contribution in [0.15, 0.2) is 36.4 Å². The summed E-state index contributed by atoms with van der Waals surface area (Å²) in [7, 11) is 8.67. The van der Waals surface area contributed by atoms with Gasteiger partial charge in [-0.25, -0.2) is 0 Å². The minimum Gasteiger partial charge on any atom is -0.493 e. The Kier molecular flexibility index (Phi) is 14.6. The number of methoxy groups -OCH3 is 4. The van der Waals surface area contributed by atoms with Crippen LogP contribution in [0.5, 0.6) is 23.0 Å². The van der Waals surface area contributed by atoms with Gasteiger partial charge in [0.05, 0.1) is 39.9 Å². The van der Waals surface area contributed by atoms with E-state index in [1.54, 1.807) is 28.4 Å². The lowest BCUT2D eigenvalue weighted by atomic mass is 9.69. The molecule has 0 aliphatic heterocycles. The third kappa shape index (κ3) is 8.10. The van der Waals surface area contributed by atoms with Crippen molar-refractivity contribution in [3.05, 3.63) is 47.5 Å². The maximum absolute atomic E-state index is 10.2. The van der Waals surface area contributed by atoms with E-state index < -0.39 is 5.41 Å². The summed E-state index contributed by atoms with van der Waals surface area (Å²) >= 11 is 0. The smallest absolute Gasteiger partial charge is 0.161 e. The molecule has 0 spiro atoms.